The van der Waals surface area contributed by atoms with E-state index in [0.29, 0.717) is 18.2 Å². The summed E-state index contributed by atoms with van der Waals surface area (Å²) in [4.78, 5) is 15.1. The molecule has 2 aromatic rings. The van der Waals surface area contributed by atoms with E-state index in [-0.39, 0.29) is 0 Å². The third-order valence-corrected chi connectivity index (χ3v) is 8.39. The molecule has 1 unspecified atom stereocenters. The fourth-order valence-corrected chi connectivity index (χ4v) is 6.31. The Morgan fingerprint density at radius 1 is 1.33 bits per heavy atom. The van der Waals surface area contributed by atoms with Crippen LogP contribution in [0.4, 0.5) is 14.7 Å². The predicted octanol–water partition coefficient (Wildman–Crippen LogP) is 1.94. The van der Waals surface area contributed by atoms with Crippen LogP contribution in [0.15, 0.2) is 18.5 Å². The van der Waals surface area contributed by atoms with Crippen molar-refractivity contribution in [3.8, 4) is 11.3 Å². The Labute approximate surface area is 144 Å². The molecule has 6 nitrogen and oxygen atoms in total. The van der Waals surface area contributed by atoms with Gasteiger partial charge in [-0.15, -0.1) is 0 Å². The molecule has 0 aromatic carbocycles. The van der Waals surface area contributed by atoms with E-state index >= 15 is 0 Å². The SMILES string of the molecule is CC(O)CNc1nccc(-c2cn(CC(F)F)n[c]2[Sn]([CH3])([CH3])[CH3])n1. The Morgan fingerprint density at radius 3 is 2.62 bits per heavy atom. The topological polar surface area (TPSA) is 75.9 Å². The Morgan fingerprint density at radius 2 is 2.04 bits per heavy atom. The third-order valence-electron chi connectivity index (χ3n) is 3.28. The molecule has 0 aliphatic heterocycles. The van der Waals surface area contributed by atoms with Gasteiger partial charge in [0.25, 0.3) is 0 Å². The molecule has 132 valence electrons. The van der Waals surface area contributed by atoms with E-state index in [0.717, 1.165) is 9.27 Å². The van der Waals surface area contributed by atoms with Gasteiger partial charge in [0.15, 0.2) is 0 Å². The van der Waals surface area contributed by atoms with Crippen molar-refractivity contribution >= 4 is 28.0 Å². The molecular weight excluding hydrogens is 423 g/mol. The van der Waals surface area contributed by atoms with Gasteiger partial charge in [0, 0.05) is 0 Å². The minimum atomic E-state index is -2.62. The van der Waals surface area contributed by atoms with Gasteiger partial charge in [0.2, 0.25) is 0 Å². The second-order valence-corrected chi connectivity index (χ2v) is 20.9. The zero-order chi connectivity index (χ0) is 17.9. The molecule has 2 aromatic heterocycles. The van der Waals surface area contributed by atoms with Crippen molar-refractivity contribution < 1.29 is 13.9 Å². The predicted molar refractivity (Wildman–Crippen MR) is 92.4 cm³/mol. The molecule has 1 atom stereocenters. The molecule has 2 heterocycles. The normalized spacial score (nSPS) is 13.3. The first-order valence-electron chi connectivity index (χ1n) is 7.78. The van der Waals surface area contributed by atoms with Crippen LogP contribution in [-0.4, -0.2) is 62.3 Å². The summed E-state index contributed by atoms with van der Waals surface area (Å²) in [7, 11) is 0. The molecule has 24 heavy (non-hydrogen) atoms. The number of nitrogens with zero attached hydrogens (tertiary/aromatic N) is 4. The number of hydrogen-bond donors (Lipinski definition) is 2. The van der Waals surface area contributed by atoms with Gasteiger partial charge in [0.1, 0.15) is 0 Å². The number of nitrogens with one attached hydrogen (secondary N) is 1. The van der Waals surface area contributed by atoms with Crippen molar-refractivity contribution in [1.82, 2.24) is 19.7 Å². The number of rotatable bonds is 7. The van der Waals surface area contributed by atoms with Gasteiger partial charge in [-0.2, -0.15) is 0 Å². The summed E-state index contributed by atoms with van der Waals surface area (Å²) < 4.78 is 27.6. The first-order valence-corrected chi connectivity index (χ1v) is 17.8. The first-order chi connectivity index (χ1) is 11.2. The molecule has 0 aliphatic carbocycles. The maximum absolute atomic E-state index is 12.7. The van der Waals surface area contributed by atoms with Gasteiger partial charge in [-0.1, -0.05) is 0 Å². The van der Waals surface area contributed by atoms with Crippen LogP contribution in [0, 0.1) is 0 Å². The number of aliphatic hydroxyl groups is 1. The molecule has 0 radical (unpaired) electrons. The van der Waals surface area contributed by atoms with Crippen molar-refractivity contribution in [2.75, 3.05) is 11.9 Å². The summed E-state index contributed by atoms with van der Waals surface area (Å²) in [5.41, 5.74) is 1.45. The van der Waals surface area contributed by atoms with Crippen LogP contribution in [0.25, 0.3) is 11.3 Å². The molecular formula is C15H23F2N5OSn. The van der Waals surface area contributed by atoms with Gasteiger partial charge in [-0.05, 0) is 0 Å². The monoisotopic (exact) mass is 447 g/mol. The van der Waals surface area contributed by atoms with E-state index in [4.69, 9.17) is 0 Å². The maximum atomic E-state index is 12.7. The van der Waals surface area contributed by atoms with Crippen molar-refractivity contribution in [2.45, 2.75) is 40.8 Å². The molecule has 0 spiro atoms. The van der Waals surface area contributed by atoms with E-state index in [2.05, 4.69) is 35.2 Å². The number of anilines is 1. The second-order valence-electron chi connectivity index (χ2n) is 6.75. The van der Waals surface area contributed by atoms with Crippen LogP contribution in [0.3, 0.4) is 0 Å². The van der Waals surface area contributed by atoms with Crippen molar-refractivity contribution in [1.29, 1.82) is 0 Å². The van der Waals surface area contributed by atoms with Crippen molar-refractivity contribution in [3.63, 3.8) is 0 Å². The summed E-state index contributed by atoms with van der Waals surface area (Å²) in [5, 5.41) is 16.7. The molecule has 9 heteroatoms. The minimum absolute atomic E-state index is 0.333. The Balaban J connectivity index is 2.39. The fourth-order valence-electron chi connectivity index (χ4n) is 2.23. The second kappa shape index (κ2) is 7.73. The number of hydrogen-bond acceptors (Lipinski definition) is 5. The van der Waals surface area contributed by atoms with E-state index in [1.54, 1.807) is 25.4 Å². The van der Waals surface area contributed by atoms with Gasteiger partial charge in [0.05, 0.1) is 0 Å². The molecule has 0 amide bonds. The van der Waals surface area contributed by atoms with Gasteiger partial charge in [-0.25, -0.2) is 0 Å². The summed E-state index contributed by atoms with van der Waals surface area (Å²) >= 11 is -2.62. The van der Waals surface area contributed by atoms with Crippen LogP contribution < -0.4 is 9.03 Å². The Bertz CT molecular complexity index is 685. The summed E-state index contributed by atoms with van der Waals surface area (Å²) in [6, 6.07) is 1.75. The molecule has 0 bridgehead atoms. The molecule has 2 N–H and O–H groups in total. The van der Waals surface area contributed by atoms with Crippen LogP contribution in [0.5, 0.6) is 0 Å². The standard InChI is InChI=1S/C12H14F2N5O.3CH3.Sn/c1-8(20)4-16-12-15-3-2-10(18-12)9-5-17-19(6-9)7-11(13)14;;;;/h2-3,6,8,11,20H,4,7H2,1H3,(H,15,16,18);3*1H3;. The Kier molecular flexibility index (Phi) is 6.13. The van der Waals surface area contributed by atoms with Crippen LogP contribution in [-0.2, 0) is 6.54 Å². The van der Waals surface area contributed by atoms with Gasteiger partial charge < -0.3 is 0 Å². The van der Waals surface area contributed by atoms with E-state index in [1.807, 2.05) is 0 Å². The van der Waals surface area contributed by atoms with Gasteiger partial charge >= 0.3 is 144 Å². The van der Waals surface area contributed by atoms with Gasteiger partial charge in [-0.3, -0.25) is 0 Å². The summed E-state index contributed by atoms with van der Waals surface area (Å²) in [5.74, 6) is 0.394. The van der Waals surface area contributed by atoms with Crippen molar-refractivity contribution in [3.05, 3.63) is 18.5 Å². The molecule has 2 rings (SSSR count). The molecule has 0 saturated heterocycles. The van der Waals surface area contributed by atoms with Crippen molar-refractivity contribution in [2.24, 2.45) is 0 Å². The van der Waals surface area contributed by atoms with E-state index in [1.165, 1.54) is 4.68 Å². The van der Waals surface area contributed by atoms with Crippen LogP contribution in [0.2, 0.25) is 14.8 Å². The first kappa shape index (κ1) is 19.0. The number of alkyl halides is 2. The van der Waals surface area contributed by atoms with Crippen LogP contribution >= 0.6 is 0 Å². The third kappa shape index (κ3) is 5.10. The number of aliphatic hydroxyl groups excluding tert-OH is 1. The number of aromatic nitrogens is 4. The quantitative estimate of drug-likeness (QED) is 0.637. The zero-order valence-electron chi connectivity index (χ0n) is 14.3. The van der Waals surface area contributed by atoms with E-state index in [9.17, 15) is 13.9 Å². The van der Waals surface area contributed by atoms with Crippen LogP contribution in [0.1, 0.15) is 6.92 Å². The summed E-state index contributed by atoms with van der Waals surface area (Å²) in [6.07, 6.45) is 0.283. The Hall–Kier alpha value is -1.29. The van der Waals surface area contributed by atoms with E-state index < -0.39 is 37.5 Å². The average molecular weight is 446 g/mol. The zero-order valence-corrected chi connectivity index (χ0v) is 17.1. The molecule has 0 saturated carbocycles. The summed E-state index contributed by atoms with van der Waals surface area (Å²) in [6.45, 7) is 1.57. The molecule has 0 fully saturated rings. The molecule has 0 aliphatic rings. The fraction of sp³-hybridized carbons (Fsp3) is 0.533. The number of halogens is 2. The average Bonchev–Trinajstić information content (AvgIpc) is 2.88.